The van der Waals surface area contributed by atoms with Crippen molar-refractivity contribution >= 4 is 27.3 Å². The number of rotatable bonds is 6. The summed E-state index contributed by atoms with van der Waals surface area (Å²) >= 11 is 0.978. The summed E-state index contributed by atoms with van der Waals surface area (Å²) in [5, 5.41) is 8.75. The molecule has 0 aliphatic carbocycles. The normalized spacial score (nSPS) is 13.0. The third-order valence-electron chi connectivity index (χ3n) is 3.21. The van der Waals surface area contributed by atoms with Crippen LogP contribution in [0, 0.1) is 6.92 Å². The van der Waals surface area contributed by atoms with Gasteiger partial charge in [-0.2, -0.15) is 0 Å². The molecule has 0 aliphatic heterocycles. The molecule has 1 aromatic carbocycles. The zero-order valence-corrected chi connectivity index (χ0v) is 13.9. The first-order chi connectivity index (χ1) is 10.3. The third kappa shape index (κ3) is 3.94. The summed E-state index contributed by atoms with van der Waals surface area (Å²) in [6.07, 6.45) is -0.173. The minimum Gasteiger partial charge on any atom is -0.481 e. The van der Waals surface area contributed by atoms with Gasteiger partial charge >= 0.3 is 5.97 Å². The van der Waals surface area contributed by atoms with Gasteiger partial charge in [0.15, 0.2) is 0 Å². The first kappa shape index (κ1) is 16.7. The highest BCUT2D eigenvalue weighted by atomic mass is 32.2. The highest BCUT2D eigenvalue weighted by Gasteiger charge is 2.21. The molecule has 118 valence electrons. The maximum atomic E-state index is 12.4. The molecule has 2 N–H and O–H groups in total. The molecule has 22 heavy (non-hydrogen) atoms. The van der Waals surface area contributed by atoms with Crippen LogP contribution in [0.1, 0.15) is 29.0 Å². The maximum Gasteiger partial charge on any atom is 0.308 e. The molecule has 0 saturated carbocycles. The van der Waals surface area contributed by atoms with Crippen molar-refractivity contribution in [1.29, 1.82) is 0 Å². The van der Waals surface area contributed by atoms with E-state index in [1.165, 1.54) is 12.1 Å². The fraction of sp³-hybridized carbons (Fsp3) is 0.267. The molecule has 1 heterocycles. The predicted octanol–water partition coefficient (Wildman–Crippen LogP) is 2.72. The topological polar surface area (TPSA) is 83.5 Å². The average molecular weight is 339 g/mol. The molecule has 0 fully saturated rings. The Morgan fingerprint density at radius 1 is 1.27 bits per heavy atom. The van der Waals surface area contributed by atoms with E-state index in [9.17, 15) is 13.2 Å². The van der Waals surface area contributed by atoms with Crippen molar-refractivity contribution in [3.63, 3.8) is 0 Å². The highest BCUT2D eigenvalue weighted by molar-refractivity contribution is 7.91. The number of nitrogens with one attached hydrogen (secondary N) is 1. The van der Waals surface area contributed by atoms with E-state index in [1.807, 2.05) is 31.2 Å². The lowest BCUT2D eigenvalue weighted by atomic mass is 10.0. The first-order valence-electron chi connectivity index (χ1n) is 6.68. The van der Waals surface area contributed by atoms with Crippen molar-refractivity contribution in [2.24, 2.45) is 0 Å². The minimum atomic E-state index is -3.66. The van der Waals surface area contributed by atoms with E-state index >= 15 is 0 Å². The van der Waals surface area contributed by atoms with E-state index in [-0.39, 0.29) is 16.7 Å². The Hall–Kier alpha value is -1.70. The first-order valence-corrected chi connectivity index (χ1v) is 8.98. The van der Waals surface area contributed by atoms with Crippen molar-refractivity contribution in [2.75, 3.05) is 0 Å². The Kier molecular flexibility index (Phi) is 5.00. The second-order valence-electron chi connectivity index (χ2n) is 4.99. The van der Waals surface area contributed by atoms with Crippen LogP contribution in [0.15, 0.2) is 40.6 Å². The Morgan fingerprint density at radius 2 is 1.95 bits per heavy atom. The SMILES string of the molecule is Cc1ccccc1C(C)NS(=O)(=O)c1ccc(CC(=O)O)s1. The number of carboxylic acids is 1. The molecule has 1 unspecified atom stereocenters. The zero-order chi connectivity index (χ0) is 16.3. The summed E-state index contributed by atoms with van der Waals surface area (Å²) in [5.41, 5.74) is 1.92. The van der Waals surface area contributed by atoms with Gasteiger partial charge in [0.05, 0.1) is 6.42 Å². The van der Waals surface area contributed by atoms with Gasteiger partial charge in [-0.1, -0.05) is 24.3 Å². The van der Waals surface area contributed by atoms with Crippen LogP contribution in [-0.4, -0.2) is 19.5 Å². The quantitative estimate of drug-likeness (QED) is 0.847. The second-order valence-corrected chi connectivity index (χ2v) is 8.10. The van der Waals surface area contributed by atoms with E-state index in [2.05, 4.69) is 4.72 Å². The van der Waals surface area contributed by atoms with Crippen molar-refractivity contribution in [3.8, 4) is 0 Å². The van der Waals surface area contributed by atoms with E-state index in [0.717, 1.165) is 22.5 Å². The van der Waals surface area contributed by atoms with E-state index in [4.69, 9.17) is 5.11 Å². The highest BCUT2D eigenvalue weighted by Crippen LogP contribution is 2.25. The van der Waals surface area contributed by atoms with E-state index in [1.54, 1.807) is 6.92 Å². The monoisotopic (exact) mass is 339 g/mol. The Labute approximate surface area is 133 Å². The molecule has 0 radical (unpaired) electrons. The number of sulfonamides is 1. The number of carbonyl (C=O) groups is 1. The number of aliphatic carboxylic acids is 1. The van der Waals surface area contributed by atoms with E-state index < -0.39 is 16.0 Å². The third-order valence-corrected chi connectivity index (χ3v) is 6.33. The van der Waals surface area contributed by atoms with Gasteiger partial charge in [0.2, 0.25) is 0 Å². The number of hydrogen-bond acceptors (Lipinski definition) is 4. The lowest BCUT2D eigenvalue weighted by molar-refractivity contribution is -0.136. The van der Waals surface area contributed by atoms with Crippen LogP contribution in [0.4, 0.5) is 0 Å². The molecule has 0 amide bonds. The molecular formula is C15H17NO4S2. The Balaban J connectivity index is 2.19. The van der Waals surface area contributed by atoms with Crippen molar-refractivity contribution in [3.05, 3.63) is 52.4 Å². The van der Waals surface area contributed by atoms with Crippen molar-refractivity contribution < 1.29 is 18.3 Å². The van der Waals surface area contributed by atoms with Gasteiger partial charge in [0, 0.05) is 10.9 Å². The molecule has 0 saturated heterocycles. The van der Waals surface area contributed by atoms with Gasteiger partial charge in [-0.3, -0.25) is 4.79 Å². The number of thiophene rings is 1. The van der Waals surface area contributed by atoms with Crippen molar-refractivity contribution in [2.45, 2.75) is 30.5 Å². The van der Waals surface area contributed by atoms with Gasteiger partial charge in [-0.15, -0.1) is 11.3 Å². The summed E-state index contributed by atoms with van der Waals surface area (Å²) < 4.78 is 27.5. The Morgan fingerprint density at radius 3 is 2.59 bits per heavy atom. The van der Waals surface area contributed by atoms with Gasteiger partial charge in [-0.25, -0.2) is 13.1 Å². The van der Waals surface area contributed by atoms with Crippen LogP contribution >= 0.6 is 11.3 Å². The number of hydrogen-bond donors (Lipinski definition) is 2. The molecule has 0 aliphatic rings. The zero-order valence-electron chi connectivity index (χ0n) is 12.2. The molecule has 2 aromatic rings. The summed E-state index contributed by atoms with van der Waals surface area (Å²) in [4.78, 5) is 11.2. The summed E-state index contributed by atoms with van der Waals surface area (Å²) in [6.45, 7) is 3.71. The number of carboxylic acid groups (broad SMARTS) is 1. The average Bonchev–Trinajstić information content (AvgIpc) is 2.87. The van der Waals surface area contributed by atoms with E-state index in [0.29, 0.717) is 4.88 Å². The summed E-state index contributed by atoms with van der Waals surface area (Å²) in [7, 11) is -3.66. The van der Waals surface area contributed by atoms with Crippen LogP contribution in [0.3, 0.4) is 0 Å². The fourth-order valence-corrected chi connectivity index (χ4v) is 4.76. The van der Waals surface area contributed by atoms with Crippen LogP contribution in [-0.2, 0) is 21.2 Å². The molecule has 1 aromatic heterocycles. The Bertz CT molecular complexity index is 780. The summed E-state index contributed by atoms with van der Waals surface area (Å²) in [5.74, 6) is -0.980. The molecule has 1 atom stereocenters. The fourth-order valence-electron chi connectivity index (χ4n) is 2.17. The predicted molar refractivity (Wildman–Crippen MR) is 85.6 cm³/mol. The van der Waals surface area contributed by atoms with Gasteiger partial charge < -0.3 is 5.11 Å². The smallest absolute Gasteiger partial charge is 0.308 e. The second kappa shape index (κ2) is 6.60. The molecule has 2 rings (SSSR count). The molecule has 0 spiro atoms. The molecule has 5 nitrogen and oxygen atoms in total. The minimum absolute atomic E-state index is 0.129. The lowest BCUT2D eigenvalue weighted by Gasteiger charge is -2.16. The van der Waals surface area contributed by atoms with Crippen LogP contribution in [0.2, 0.25) is 0 Å². The summed E-state index contributed by atoms with van der Waals surface area (Å²) in [6, 6.07) is 10.2. The van der Waals surface area contributed by atoms with Crippen LogP contribution in [0.5, 0.6) is 0 Å². The standard InChI is InChI=1S/C15H17NO4S2/c1-10-5-3-4-6-13(10)11(2)16-22(19,20)15-8-7-12(21-15)9-14(17)18/h3-8,11,16H,9H2,1-2H3,(H,17,18). The van der Waals surface area contributed by atoms with Crippen LogP contribution < -0.4 is 4.72 Å². The number of aryl methyl sites for hydroxylation is 1. The molecular weight excluding hydrogens is 322 g/mol. The number of benzene rings is 1. The van der Waals surface area contributed by atoms with Crippen molar-refractivity contribution in [1.82, 2.24) is 4.72 Å². The lowest BCUT2D eigenvalue weighted by Crippen LogP contribution is -2.26. The van der Waals surface area contributed by atoms with Gasteiger partial charge in [-0.05, 0) is 37.1 Å². The van der Waals surface area contributed by atoms with Crippen LogP contribution in [0.25, 0.3) is 0 Å². The molecule has 7 heteroatoms. The molecule has 0 bridgehead atoms. The maximum absolute atomic E-state index is 12.4. The largest absolute Gasteiger partial charge is 0.481 e. The van der Waals surface area contributed by atoms with Gasteiger partial charge in [0.25, 0.3) is 10.0 Å². The van der Waals surface area contributed by atoms with Gasteiger partial charge in [0.1, 0.15) is 4.21 Å².